The van der Waals surface area contributed by atoms with E-state index in [1.54, 1.807) is 11.8 Å². The summed E-state index contributed by atoms with van der Waals surface area (Å²) in [7, 11) is 0. The summed E-state index contributed by atoms with van der Waals surface area (Å²) < 4.78 is 5.65. The summed E-state index contributed by atoms with van der Waals surface area (Å²) in [6.45, 7) is 3.55. The minimum atomic E-state index is -0.296. The summed E-state index contributed by atoms with van der Waals surface area (Å²) in [5.74, 6) is 0.664. The summed E-state index contributed by atoms with van der Waals surface area (Å²) in [5, 5.41) is 0. The van der Waals surface area contributed by atoms with E-state index in [2.05, 4.69) is 37.3 Å². The van der Waals surface area contributed by atoms with Crippen molar-refractivity contribution in [2.24, 2.45) is 0 Å². The van der Waals surface area contributed by atoms with Gasteiger partial charge in [0.1, 0.15) is 0 Å². The van der Waals surface area contributed by atoms with Gasteiger partial charge < -0.3 is 4.74 Å². The van der Waals surface area contributed by atoms with Crippen LogP contribution in [0.2, 0.25) is 0 Å². The van der Waals surface area contributed by atoms with Gasteiger partial charge in [-0.1, -0.05) is 36.4 Å². The van der Waals surface area contributed by atoms with Gasteiger partial charge in [-0.15, -0.1) is 11.8 Å². The van der Waals surface area contributed by atoms with Crippen LogP contribution in [0.3, 0.4) is 0 Å². The Bertz CT molecular complexity index is 664. The molecule has 1 aliphatic heterocycles. The maximum atomic E-state index is 11.5. The molecule has 0 radical (unpaired) electrons. The first kappa shape index (κ1) is 13.3. The quantitative estimate of drug-likeness (QED) is 0.732. The number of fused-ring (bicyclic) bond motifs is 2. The second kappa shape index (κ2) is 5.33. The van der Waals surface area contributed by atoms with Crippen molar-refractivity contribution in [3.63, 3.8) is 0 Å². The zero-order valence-electron chi connectivity index (χ0n) is 11.6. The number of esters is 1. The molecule has 3 rings (SSSR count). The molecule has 1 heterocycles. The number of aryl methyl sites for hydroxylation is 1. The van der Waals surface area contributed by atoms with Crippen molar-refractivity contribution >= 4 is 17.7 Å². The molecule has 1 atom stereocenters. The minimum absolute atomic E-state index is 0.245. The van der Waals surface area contributed by atoms with E-state index < -0.39 is 0 Å². The SMILES string of the molecule is CC(=O)OC1c2ccccc2SCc2cccc(C)c21. The monoisotopic (exact) mass is 284 g/mol. The highest BCUT2D eigenvalue weighted by Gasteiger charge is 2.27. The molecule has 0 amide bonds. The standard InChI is InChI=1S/C17H16O2S/c1-11-6-5-7-13-10-20-15-9-4-3-8-14(15)17(16(11)13)19-12(2)18/h3-9,17H,10H2,1-2H3. The largest absolute Gasteiger partial charge is 0.453 e. The number of thioether (sulfide) groups is 1. The molecule has 0 bridgehead atoms. The van der Waals surface area contributed by atoms with Crippen molar-refractivity contribution in [1.82, 2.24) is 0 Å². The molecule has 2 nitrogen and oxygen atoms in total. The molecule has 0 saturated carbocycles. The van der Waals surface area contributed by atoms with E-state index in [-0.39, 0.29) is 12.1 Å². The Morgan fingerprint density at radius 1 is 1.20 bits per heavy atom. The van der Waals surface area contributed by atoms with E-state index >= 15 is 0 Å². The van der Waals surface area contributed by atoms with Crippen LogP contribution in [-0.4, -0.2) is 5.97 Å². The summed E-state index contributed by atoms with van der Waals surface area (Å²) >= 11 is 1.80. The van der Waals surface area contributed by atoms with Gasteiger partial charge in [0.15, 0.2) is 6.10 Å². The zero-order chi connectivity index (χ0) is 14.1. The lowest BCUT2D eigenvalue weighted by Crippen LogP contribution is -2.12. The van der Waals surface area contributed by atoms with E-state index in [1.807, 2.05) is 12.1 Å². The van der Waals surface area contributed by atoms with Gasteiger partial charge in [0.25, 0.3) is 0 Å². The summed E-state index contributed by atoms with van der Waals surface area (Å²) in [6.07, 6.45) is -0.296. The van der Waals surface area contributed by atoms with E-state index in [0.29, 0.717) is 0 Å². The molecule has 2 aromatic rings. The molecule has 2 aromatic carbocycles. The Balaban J connectivity index is 2.21. The number of carbonyl (C=O) groups is 1. The van der Waals surface area contributed by atoms with Crippen LogP contribution in [0, 0.1) is 6.92 Å². The predicted octanol–water partition coefficient (Wildman–Crippen LogP) is 4.25. The fourth-order valence-corrected chi connectivity index (χ4v) is 3.75. The fourth-order valence-electron chi connectivity index (χ4n) is 2.67. The van der Waals surface area contributed by atoms with Gasteiger partial charge in [0.2, 0.25) is 0 Å². The van der Waals surface area contributed by atoms with Gasteiger partial charge in [0.05, 0.1) is 0 Å². The Hall–Kier alpha value is -1.74. The Morgan fingerprint density at radius 3 is 2.80 bits per heavy atom. The van der Waals surface area contributed by atoms with Crippen LogP contribution in [0.1, 0.15) is 35.3 Å². The van der Waals surface area contributed by atoms with Crippen LogP contribution in [0.5, 0.6) is 0 Å². The van der Waals surface area contributed by atoms with Gasteiger partial charge >= 0.3 is 5.97 Å². The van der Waals surface area contributed by atoms with Gasteiger partial charge in [-0.2, -0.15) is 0 Å². The van der Waals surface area contributed by atoms with E-state index in [4.69, 9.17) is 4.74 Å². The van der Waals surface area contributed by atoms with Crippen LogP contribution < -0.4 is 0 Å². The lowest BCUT2D eigenvalue weighted by molar-refractivity contribution is -0.144. The maximum Gasteiger partial charge on any atom is 0.303 e. The first-order valence-electron chi connectivity index (χ1n) is 6.64. The molecule has 0 N–H and O–H groups in total. The third-order valence-corrected chi connectivity index (χ3v) is 4.68. The normalized spacial score (nSPS) is 16.8. The first-order valence-corrected chi connectivity index (χ1v) is 7.62. The van der Waals surface area contributed by atoms with Crippen molar-refractivity contribution in [3.05, 3.63) is 64.7 Å². The Kier molecular flexibility index (Phi) is 3.53. The fraction of sp³-hybridized carbons (Fsp3) is 0.235. The lowest BCUT2D eigenvalue weighted by atomic mass is 9.93. The van der Waals surface area contributed by atoms with Gasteiger partial charge in [0, 0.05) is 28.7 Å². The Morgan fingerprint density at radius 2 is 2.00 bits per heavy atom. The van der Waals surface area contributed by atoms with Crippen molar-refractivity contribution in [2.45, 2.75) is 30.6 Å². The van der Waals surface area contributed by atoms with Crippen molar-refractivity contribution < 1.29 is 9.53 Å². The maximum absolute atomic E-state index is 11.5. The second-order valence-corrected chi connectivity index (χ2v) is 5.98. The van der Waals surface area contributed by atoms with Crippen LogP contribution in [-0.2, 0) is 15.3 Å². The molecule has 20 heavy (non-hydrogen) atoms. The van der Waals surface area contributed by atoms with Crippen LogP contribution >= 0.6 is 11.8 Å². The smallest absolute Gasteiger partial charge is 0.303 e. The number of benzene rings is 2. The molecular formula is C17H16O2S. The number of carbonyl (C=O) groups excluding carboxylic acids is 1. The highest BCUT2D eigenvalue weighted by atomic mass is 32.2. The van der Waals surface area contributed by atoms with Crippen molar-refractivity contribution in [1.29, 1.82) is 0 Å². The lowest BCUT2D eigenvalue weighted by Gasteiger charge is -2.21. The molecular weight excluding hydrogens is 268 g/mol. The van der Waals surface area contributed by atoms with E-state index in [0.717, 1.165) is 16.9 Å². The molecule has 0 saturated heterocycles. The van der Waals surface area contributed by atoms with Crippen molar-refractivity contribution in [2.75, 3.05) is 0 Å². The third-order valence-electron chi connectivity index (χ3n) is 3.55. The zero-order valence-corrected chi connectivity index (χ0v) is 12.4. The van der Waals surface area contributed by atoms with E-state index in [9.17, 15) is 4.79 Å². The molecule has 3 heteroatoms. The average molecular weight is 284 g/mol. The van der Waals surface area contributed by atoms with E-state index in [1.165, 1.54) is 22.9 Å². The molecule has 102 valence electrons. The first-order chi connectivity index (χ1) is 9.66. The predicted molar refractivity (Wildman–Crippen MR) is 80.8 cm³/mol. The third kappa shape index (κ3) is 2.34. The van der Waals surface area contributed by atoms with Crippen LogP contribution in [0.15, 0.2) is 47.4 Å². The topological polar surface area (TPSA) is 26.3 Å². The van der Waals surface area contributed by atoms with Gasteiger partial charge in [-0.05, 0) is 24.1 Å². The summed E-state index contributed by atoms with van der Waals surface area (Å²) in [5.41, 5.74) is 4.64. The molecule has 1 unspecified atom stereocenters. The number of hydrogen-bond acceptors (Lipinski definition) is 3. The number of hydrogen-bond donors (Lipinski definition) is 0. The highest BCUT2D eigenvalue weighted by molar-refractivity contribution is 7.98. The molecule has 0 spiro atoms. The van der Waals surface area contributed by atoms with Gasteiger partial charge in [-0.25, -0.2) is 0 Å². The summed E-state index contributed by atoms with van der Waals surface area (Å²) in [6, 6.07) is 14.4. The molecule has 0 aliphatic carbocycles. The number of ether oxygens (including phenoxy) is 1. The number of rotatable bonds is 1. The Labute approximate surface area is 123 Å². The second-order valence-electron chi connectivity index (χ2n) is 4.96. The average Bonchev–Trinajstić information content (AvgIpc) is 2.58. The molecule has 0 fully saturated rings. The van der Waals surface area contributed by atoms with Crippen LogP contribution in [0.4, 0.5) is 0 Å². The minimum Gasteiger partial charge on any atom is -0.453 e. The van der Waals surface area contributed by atoms with Crippen molar-refractivity contribution in [3.8, 4) is 0 Å². The molecule has 1 aliphatic rings. The molecule has 0 aromatic heterocycles. The van der Waals surface area contributed by atoms with Crippen LogP contribution in [0.25, 0.3) is 0 Å². The van der Waals surface area contributed by atoms with Gasteiger partial charge in [-0.3, -0.25) is 4.79 Å². The summed E-state index contributed by atoms with van der Waals surface area (Å²) in [4.78, 5) is 12.7. The highest BCUT2D eigenvalue weighted by Crippen LogP contribution is 2.42.